The molecule has 0 aromatic heterocycles. The van der Waals surface area contributed by atoms with Crippen LogP contribution in [0.25, 0.3) is 0 Å². The summed E-state index contributed by atoms with van der Waals surface area (Å²) in [6.07, 6.45) is 5.45. The Hall–Kier alpha value is -0.470. The Kier molecular flexibility index (Phi) is 5.40. The Bertz CT molecular complexity index is 308. The smallest absolute Gasteiger partial charge is 0.00719 e. The minimum atomic E-state index is 0.845. The minimum Gasteiger partial charge on any atom is -0.314 e. The SMILES string of the molecule is CC(CCNC1CC1)CCSc1ccccc1. The first-order chi connectivity index (χ1) is 8.34. The summed E-state index contributed by atoms with van der Waals surface area (Å²) in [5.74, 6) is 2.09. The lowest BCUT2D eigenvalue weighted by Gasteiger charge is -2.11. The first-order valence-corrected chi connectivity index (χ1v) is 7.74. The predicted molar refractivity (Wildman–Crippen MR) is 76.6 cm³/mol. The molecule has 1 atom stereocenters. The zero-order valence-corrected chi connectivity index (χ0v) is 11.5. The van der Waals surface area contributed by atoms with Crippen LogP contribution in [0, 0.1) is 5.92 Å². The molecule has 0 heterocycles. The van der Waals surface area contributed by atoms with Gasteiger partial charge in [-0.05, 0) is 56.0 Å². The zero-order valence-electron chi connectivity index (χ0n) is 10.7. The molecule has 1 aromatic carbocycles. The minimum absolute atomic E-state index is 0.845. The topological polar surface area (TPSA) is 12.0 Å². The van der Waals surface area contributed by atoms with Crippen molar-refractivity contribution in [3.05, 3.63) is 30.3 Å². The van der Waals surface area contributed by atoms with Gasteiger partial charge in [-0.25, -0.2) is 0 Å². The highest BCUT2D eigenvalue weighted by Gasteiger charge is 2.19. The molecular formula is C15H23NS. The van der Waals surface area contributed by atoms with Crippen molar-refractivity contribution >= 4 is 11.8 Å². The van der Waals surface area contributed by atoms with Gasteiger partial charge in [0.25, 0.3) is 0 Å². The van der Waals surface area contributed by atoms with E-state index in [1.54, 1.807) is 0 Å². The highest BCUT2D eigenvalue weighted by molar-refractivity contribution is 7.99. The summed E-state index contributed by atoms with van der Waals surface area (Å²) in [7, 11) is 0. The molecule has 1 fully saturated rings. The molecule has 0 amide bonds. The molecule has 2 rings (SSSR count). The average molecular weight is 249 g/mol. The summed E-state index contributed by atoms with van der Waals surface area (Å²) in [4.78, 5) is 1.40. The van der Waals surface area contributed by atoms with Gasteiger partial charge in [0.1, 0.15) is 0 Å². The van der Waals surface area contributed by atoms with Gasteiger partial charge in [-0.1, -0.05) is 25.1 Å². The molecule has 1 unspecified atom stereocenters. The first kappa shape index (κ1) is 13.0. The highest BCUT2D eigenvalue weighted by Crippen LogP contribution is 2.21. The molecule has 1 saturated carbocycles. The van der Waals surface area contributed by atoms with Crippen LogP contribution in [0.4, 0.5) is 0 Å². The number of thioether (sulfide) groups is 1. The summed E-state index contributed by atoms with van der Waals surface area (Å²) in [6.45, 7) is 3.59. The monoisotopic (exact) mass is 249 g/mol. The molecule has 0 spiro atoms. The maximum Gasteiger partial charge on any atom is 0.00719 e. The summed E-state index contributed by atoms with van der Waals surface area (Å²) in [5.41, 5.74) is 0. The number of hydrogen-bond donors (Lipinski definition) is 1. The van der Waals surface area contributed by atoms with Crippen molar-refractivity contribution in [1.82, 2.24) is 5.32 Å². The van der Waals surface area contributed by atoms with E-state index in [4.69, 9.17) is 0 Å². The second-order valence-electron chi connectivity index (χ2n) is 5.07. The zero-order chi connectivity index (χ0) is 11.9. The molecule has 0 saturated heterocycles. The fourth-order valence-corrected chi connectivity index (χ4v) is 2.97. The summed E-state index contributed by atoms with van der Waals surface area (Å²) in [5, 5.41) is 3.59. The third kappa shape index (κ3) is 5.60. The Morgan fingerprint density at radius 3 is 2.71 bits per heavy atom. The van der Waals surface area contributed by atoms with Crippen LogP contribution in [0.2, 0.25) is 0 Å². The van der Waals surface area contributed by atoms with Gasteiger partial charge in [-0.2, -0.15) is 0 Å². The number of rotatable bonds is 8. The lowest BCUT2D eigenvalue weighted by Crippen LogP contribution is -2.19. The normalized spacial score (nSPS) is 17.0. The van der Waals surface area contributed by atoms with Crippen LogP contribution in [0.5, 0.6) is 0 Å². The van der Waals surface area contributed by atoms with E-state index in [9.17, 15) is 0 Å². The standard InChI is InChI=1S/C15H23NS/c1-13(9-11-16-14-7-8-14)10-12-17-15-5-3-2-4-6-15/h2-6,13-14,16H,7-12H2,1H3. The van der Waals surface area contributed by atoms with Crippen LogP contribution in [-0.2, 0) is 0 Å². The van der Waals surface area contributed by atoms with E-state index in [2.05, 4.69) is 42.6 Å². The first-order valence-electron chi connectivity index (χ1n) is 6.76. The Balaban J connectivity index is 1.51. The lowest BCUT2D eigenvalue weighted by atomic mass is 10.1. The van der Waals surface area contributed by atoms with Crippen molar-refractivity contribution in [3.8, 4) is 0 Å². The van der Waals surface area contributed by atoms with Gasteiger partial charge >= 0.3 is 0 Å². The van der Waals surface area contributed by atoms with Gasteiger partial charge in [0, 0.05) is 10.9 Å². The molecule has 0 bridgehead atoms. The fourth-order valence-electron chi connectivity index (χ4n) is 1.86. The van der Waals surface area contributed by atoms with E-state index in [1.165, 1.54) is 42.9 Å². The van der Waals surface area contributed by atoms with Crippen molar-refractivity contribution in [3.63, 3.8) is 0 Å². The van der Waals surface area contributed by atoms with E-state index in [0.717, 1.165) is 12.0 Å². The molecular weight excluding hydrogens is 226 g/mol. The molecule has 1 aromatic rings. The van der Waals surface area contributed by atoms with Crippen LogP contribution >= 0.6 is 11.8 Å². The predicted octanol–water partition coefficient (Wildman–Crippen LogP) is 3.95. The highest BCUT2D eigenvalue weighted by atomic mass is 32.2. The molecule has 17 heavy (non-hydrogen) atoms. The van der Waals surface area contributed by atoms with E-state index < -0.39 is 0 Å². The van der Waals surface area contributed by atoms with E-state index in [1.807, 2.05) is 11.8 Å². The Labute approximate surface area is 109 Å². The van der Waals surface area contributed by atoms with Crippen LogP contribution in [0.15, 0.2) is 35.2 Å². The summed E-state index contributed by atoms with van der Waals surface area (Å²) in [6, 6.07) is 11.6. The van der Waals surface area contributed by atoms with Crippen LogP contribution in [-0.4, -0.2) is 18.3 Å². The van der Waals surface area contributed by atoms with Crippen LogP contribution in [0.3, 0.4) is 0 Å². The molecule has 1 N–H and O–H groups in total. The molecule has 0 radical (unpaired) electrons. The average Bonchev–Trinajstić information content (AvgIpc) is 3.14. The lowest BCUT2D eigenvalue weighted by molar-refractivity contribution is 0.490. The Morgan fingerprint density at radius 2 is 2.00 bits per heavy atom. The maximum atomic E-state index is 3.59. The van der Waals surface area contributed by atoms with Gasteiger partial charge < -0.3 is 5.32 Å². The summed E-state index contributed by atoms with van der Waals surface area (Å²) >= 11 is 1.98. The summed E-state index contributed by atoms with van der Waals surface area (Å²) < 4.78 is 0. The second-order valence-corrected chi connectivity index (χ2v) is 6.24. The third-order valence-electron chi connectivity index (χ3n) is 3.27. The van der Waals surface area contributed by atoms with Crippen molar-refractivity contribution in [2.24, 2.45) is 5.92 Å². The van der Waals surface area contributed by atoms with Gasteiger partial charge in [-0.3, -0.25) is 0 Å². The largest absolute Gasteiger partial charge is 0.314 e. The van der Waals surface area contributed by atoms with Crippen molar-refractivity contribution in [1.29, 1.82) is 0 Å². The van der Waals surface area contributed by atoms with E-state index in [0.29, 0.717) is 0 Å². The third-order valence-corrected chi connectivity index (χ3v) is 4.32. The van der Waals surface area contributed by atoms with E-state index in [-0.39, 0.29) is 0 Å². The van der Waals surface area contributed by atoms with Gasteiger partial charge in [0.2, 0.25) is 0 Å². The molecule has 1 aliphatic rings. The number of hydrogen-bond acceptors (Lipinski definition) is 2. The Morgan fingerprint density at radius 1 is 1.24 bits per heavy atom. The van der Waals surface area contributed by atoms with Crippen molar-refractivity contribution in [2.45, 2.75) is 43.5 Å². The molecule has 1 aliphatic carbocycles. The van der Waals surface area contributed by atoms with Crippen molar-refractivity contribution < 1.29 is 0 Å². The van der Waals surface area contributed by atoms with Gasteiger partial charge in [0.15, 0.2) is 0 Å². The molecule has 0 aliphatic heterocycles. The van der Waals surface area contributed by atoms with Crippen molar-refractivity contribution in [2.75, 3.05) is 12.3 Å². The molecule has 2 heteroatoms. The van der Waals surface area contributed by atoms with Gasteiger partial charge in [-0.15, -0.1) is 11.8 Å². The van der Waals surface area contributed by atoms with Gasteiger partial charge in [0.05, 0.1) is 0 Å². The number of benzene rings is 1. The molecule has 94 valence electrons. The van der Waals surface area contributed by atoms with Crippen LogP contribution < -0.4 is 5.32 Å². The second kappa shape index (κ2) is 7.07. The quantitative estimate of drug-likeness (QED) is 0.700. The van der Waals surface area contributed by atoms with Crippen LogP contribution in [0.1, 0.15) is 32.6 Å². The fraction of sp³-hybridized carbons (Fsp3) is 0.600. The molecule has 1 nitrogen and oxygen atoms in total. The maximum absolute atomic E-state index is 3.59. The number of nitrogens with one attached hydrogen (secondary N) is 1. The van der Waals surface area contributed by atoms with E-state index >= 15 is 0 Å².